The maximum Gasteiger partial charge on any atom is 0.286 e. The summed E-state index contributed by atoms with van der Waals surface area (Å²) in [6, 6.07) is 0. The zero-order valence-electron chi connectivity index (χ0n) is 7.59. The van der Waals surface area contributed by atoms with E-state index >= 15 is 0 Å². The molecule has 0 N–H and O–H groups in total. The Morgan fingerprint density at radius 2 is 1.42 bits per heavy atom. The van der Waals surface area contributed by atoms with Crippen LogP contribution >= 0.6 is 0 Å². The predicted molar refractivity (Wildman–Crippen MR) is 47.4 cm³/mol. The molecule has 1 aliphatic carbocycles. The zero-order valence-corrected chi connectivity index (χ0v) is 7.59. The van der Waals surface area contributed by atoms with Crippen molar-refractivity contribution in [2.45, 2.75) is 57.5 Å². The van der Waals surface area contributed by atoms with Crippen LogP contribution in [0.2, 0.25) is 0 Å². The lowest BCUT2D eigenvalue weighted by molar-refractivity contribution is 0.138. The Balaban J connectivity index is 2.24. The fourth-order valence-electron chi connectivity index (χ4n) is 1.79. The van der Waals surface area contributed by atoms with E-state index in [2.05, 4.69) is 0 Å². The Morgan fingerprint density at radius 3 is 1.92 bits per heavy atom. The second-order valence-electron chi connectivity index (χ2n) is 3.53. The van der Waals surface area contributed by atoms with Crippen LogP contribution in [0, 0.1) is 11.5 Å². The van der Waals surface area contributed by atoms with Crippen molar-refractivity contribution >= 4 is 0 Å². The Labute approximate surface area is 74.5 Å². The van der Waals surface area contributed by atoms with Gasteiger partial charge in [-0.2, -0.15) is 5.26 Å². The highest BCUT2D eigenvalue weighted by molar-refractivity contribution is 4.66. The summed E-state index contributed by atoms with van der Waals surface area (Å²) in [6.45, 7) is 0. The van der Waals surface area contributed by atoms with Crippen molar-refractivity contribution in [3.8, 4) is 6.26 Å². The molecule has 0 saturated heterocycles. The molecule has 1 aliphatic rings. The smallest absolute Gasteiger partial charge is 0.286 e. The van der Waals surface area contributed by atoms with E-state index in [0.717, 1.165) is 12.8 Å². The minimum absolute atomic E-state index is 0.216. The molecule has 0 atom stereocenters. The van der Waals surface area contributed by atoms with E-state index in [1.807, 2.05) is 0 Å². The fraction of sp³-hybridized carbons (Fsp3) is 0.900. The molecule has 1 fully saturated rings. The monoisotopic (exact) mass is 167 g/mol. The van der Waals surface area contributed by atoms with E-state index in [1.54, 1.807) is 6.26 Å². The van der Waals surface area contributed by atoms with Gasteiger partial charge in [0.2, 0.25) is 0 Å². The molecule has 0 radical (unpaired) electrons. The van der Waals surface area contributed by atoms with E-state index in [-0.39, 0.29) is 6.10 Å². The number of nitrogens with zero attached hydrogens (tertiary/aromatic N) is 1. The van der Waals surface area contributed by atoms with Crippen molar-refractivity contribution < 1.29 is 4.74 Å². The van der Waals surface area contributed by atoms with Crippen molar-refractivity contribution in [3.05, 3.63) is 0 Å². The van der Waals surface area contributed by atoms with Crippen molar-refractivity contribution in [2.24, 2.45) is 0 Å². The lowest BCUT2D eigenvalue weighted by Crippen LogP contribution is -2.09. The SMILES string of the molecule is N#COC1CCCCCCCC1. The first-order valence-corrected chi connectivity index (χ1v) is 4.98. The molecule has 0 aromatic rings. The van der Waals surface area contributed by atoms with Crippen LogP contribution in [-0.4, -0.2) is 6.10 Å². The molecule has 0 heterocycles. The van der Waals surface area contributed by atoms with Gasteiger partial charge in [0.15, 0.2) is 0 Å². The maximum atomic E-state index is 8.38. The first kappa shape index (κ1) is 9.38. The third-order valence-corrected chi connectivity index (χ3v) is 2.52. The van der Waals surface area contributed by atoms with E-state index in [9.17, 15) is 0 Å². The van der Waals surface area contributed by atoms with Crippen LogP contribution in [0.4, 0.5) is 0 Å². The standard InChI is InChI=1S/C10H17NO/c11-9-12-10-7-5-3-1-2-4-6-8-10/h10H,1-8H2. The van der Waals surface area contributed by atoms with Gasteiger partial charge in [0.1, 0.15) is 6.10 Å². The first-order chi connectivity index (χ1) is 5.93. The van der Waals surface area contributed by atoms with Gasteiger partial charge in [-0.1, -0.05) is 25.7 Å². The van der Waals surface area contributed by atoms with E-state index < -0.39 is 0 Å². The minimum atomic E-state index is 0.216. The summed E-state index contributed by atoms with van der Waals surface area (Å²) >= 11 is 0. The van der Waals surface area contributed by atoms with Gasteiger partial charge in [-0.3, -0.25) is 0 Å². The molecular weight excluding hydrogens is 150 g/mol. The van der Waals surface area contributed by atoms with Crippen LogP contribution < -0.4 is 0 Å². The Hall–Kier alpha value is -0.710. The van der Waals surface area contributed by atoms with Crippen LogP contribution in [0.1, 0.15) is 51.4 Å². The van der Waals surface area contributed by atoms with Gasteiger partial charge in [-0.05, 0) is 25.7 Å². The molecule has 0 spiro atoms. The number of ether oxygens (including phenoxy) is 1. The summed E-state index contributed by atoms with van der Waals surface area (Å²) in [6.07, 6.45) is 12.0. The Morgan fingerprint density at radius 1 is 0.917 bits per heavy atom. The normalized spacial score (nSPS) is 21.6. The predicted octanol–water partition coefficient (Wildman–Crippen LogP) is 2.99. The Bertz CT molecular complexity index is 140. The summed E-state index contributed by atoms with van der Waals surface area (Å²) in [5.74, 6) is 0. The van der Waals surface area contributed by atoms with Crippen LogP contribution in [0.3, 0.4) is 0 Å². The molecule has 1 saturated carbocycles. The number of hydrogen-bond acceptors (Lipinski definition) is 2. The zero-order chi connectivity index (χ0) is 8.65. The maximum absolute atomic E-state index is 8.38. The molecule has 0 aromatic heterocycles. The number of rotatable bonds is 1. The van der Waals surface area contributed by atoms with Crippen LogP contribution in [0.25, 0.3) is 0 Å². The number of nitriles is 1. The van der Waals surface area contributed by atoms with E-state index in [1.165, 1.54) is 38.5 Å². The van der Waals surface area contributed by atoms with Gasteiger partial charge in [0.05, 0.1) is 0 Å². The second-order valence-corrected chi connectivity index (χ2v) is 3.53. The van der Waals surface area contributed by atoms with Gasteiger partial charge in [0, 0.05) is 0 Å². The summed E-state index contributed by atoms with van der Waals surface area (Å²) in [7, 11) is 0. The molecule has 68 valence electrons. The molecule has 2 nitrogen and oxygen atoms in total. The van der Waals surface area contributed by atoms with E-state index in [0.29, 0.717) is 0 Å². The molecule has 12 heavy (non-hydrogen) atoms. The van der Waals surface area contributed by atoms with Gasteiger partial charge >= 0.3 is 0 Å². The topological polar surface area (TPSA) is 33.0 Å². The highest BCUT2D eigenvalue weighted by atomic mass is 16.5. The van der Waals surface area contributed by atoms with Crippen LogP contribution in [0.5, 0.6) is 0 Å². The average molecular weight is 167 g/mol. The fourth-order valence-corrected chi connectivity index (χ4v) is 1.79. The van der Waals surface area contributed by atoms with Crippen molar-refractivity contribution in [3.63, 3.8) is 0 Å². The summed E-state index contributed by atoms with van der Waals surface area (Å²) in [5, 5.41) is 8.38. The molecule has 1 rings (SSSR count). The molecule has 2 heteroatoms. The lowest BCUT2D eigenvalue weighted by atomic mass is 10.1. The molecule has 0 bridgehead atoms. The lowest BCUT2D eigenvalue weighted by Gasteiger charge is -2.11. The van der Waals surface area contributed by atoms with E-state index in [4.69, 9.17) is 10.00 Å². The quantitative estimate of drug-likeness (QED) is 0.562. The third-order valence-electron chi connectivity index (χ3n) is 2.52. The van der Waals surface area contributed by atoms with Gasteiger partial charge < -0.3 is 4.74 Å². The highest BCUT2D eigenvalue weighted by Gasteiger charge is 2.10. The number of hydrogen-bond donors (Lipinski definition) is 0. The van der Waals surface area contributed by atoms with Crippen molar-refractivity contribution in [1.82, 2.24) is 0 Å². The molecular formula is C10H17NO. The largest absolute Gasteiger partial charge is 0.424 e. The third kappa shape index (κ3) is 3.61. The van der Waals surface area contributed by atoms with Crippen LogP contribution in [-0.2, 0) is 4.74 Å². The summed E-state index contributed by atoms with van der Waals surface area (Å²) in [4.78, 5) is 0. The van der Waals surface area contributed by atoms with Gasteiger partial charge in [0.25, 0.3) is 6.26 Å². The molecule has 0 amide bonds. The molecule has 0 unspecified atom stereocenters. The average Bonchev–Trinajstić information content (AvgIpc) is 2.19. The summed E-state index contributed by atoms with van der Waals surface area (Å²) in [5.41, 5.74) is 0. The molecule has 0 aromatic carbocycles. The highest BCUT2D eigenvalue weighted by Crippen LogP contribution is 2.18. The second kappa shape index (κ2) is 5.88. The van der Waals surface area contributed by atoms with Crippen molar-refractivity contribution in [1.29, 1.82) is 5.26 Å². The van der Waals surface area contributed by atoms with Gasteiger partial charge in [-0.15, -0.1) is 0 Å². The minimum Gasteiger partial charge on any atom is -0.424 e. The summed E-state index contributed by atoms with van der Waals surface area (Å²) < 4.78 is 4.98. The molecule has 0 aliphatic heterocycles. The Kier molecular flexibility index (Phi) is 4.60. The first-order valence-electron chi connectivity index (χ1n) is 4.98. The van der Waals surface area contributed by atoms with Gasteiger partial charge in [-0.25, -0.2) is 0 Å². The van der Waals surface area contributed by atoms with Crippen molar-refractivity contribution in [2.75, 3.05) is 0 Å². The van der Waals surface area contributed by atoms with Crippen LogP contribution in [0.15, 0.2) is 0 Å².